The molecule has 15 heavy (non-hydrogen) atoms. The number of nitrogens with two attached hydrogens (primary N) is 1. The summed E-state index contributed by atoms with van der Waals surface area (Å²) in [5.74, 6) is 0.0102. The summed E-state index contributed by atoms with van der Waals surface area (Å²) in [5, 5.41) is 2.89. The SMILES string of the molecule is Cc1ccc(CNC(=O)C(C)(C)CN)s1. The number of carbonyl (C=O) groups is 1. The first-order chi connectivity index (χ1) is 6.95. The van der Waals surface area contributed by atoms with Crippen molar-refractivity contribution in [2.24, 2.45) is 11.1 Å². The molecular formula is C11H18N2OS. The number of amides is 1. The largest absolute Gasteiger partial charge is 0.351 e. The number of nitrogens with one attached hydrogen (secondary N) is 1. The van der Waals surface area contributed by atoms with Crippen molar-refractivity contribution in [3.63, 3.8) is 0 Å². The minimum atomic E-state index is -0.480. The van der Waals surface area contributed by atoms with Crippen LogP contribution in [0.25, 0.3) is 0 Å². The fraction of sp³-hybridized carbons (Fsp3) is 0.545. The second-order valence-electron chi connectivity index (χ2n) is 4.28. The Labute approximate surface area is 94.7 Å². The van der Waals surface area contributed by atoms with E-state index in [2.05, 4.69) is 18.3 Å². The normalized spacial score (nSPS) is 11.5. The van der Waals surface area contributed by atoms with E-state index < -0.39 is 5.41 Å². The highest BCUT2D eigenvalue weighted by Crippen LogP contribution is 2.16. The minimum Gasteiger partial charge on any atom is -0.351 e. The second-order valence-corrected chi connectivity index (χ2v) is 5.66. The molecule has 0 unspecified atom stereocenters. The zero-order valence-corrected chi connectivity index (χ0v) is 10.3. The van der Waals surface area contributed by atoms with E-state index in [0.717, 1.165) is 0 Å². The molecule has 3 nitrogen and oxygen atoms in total. The van der Waals surface area contributed by atoms with Gasteiger partial charge in [-0.25, -0.2) is 0 Å². The zero-order valence-electron chi connectivity index (χ0n) is 9.46. The van der Waals surface area contributed by atoms with Crippen LogP contribution < -0.4 is 11.1 Å². The van der Waals surface area contributed by atoms with E-state index >= 15 is 0 Å². The van der Waals surface area contributed by atoms with E-state index in [-0.39, 0.29) is 5.91 Å². The number of thiophene rings is 1. The first-order valence-electron chi connectivity index (χ1n) is 4.99. The van der Waals surface area contributed by atoms with Crippen LogP contribution in [-0.2, 0) is 11.3 Å². The third kappa shape index (κ3) is 3.32. The summed E-state index contributed by atoms with van der Waals surface area (Å²) in [6, 6.07) is 4.09. The number of aryl methyl sites for hydroxylation is 1. The van der Waals surface area contributed by atoms with Crippen molar-refractivity contribution >= 4 is 17.2 Å². The monoisotopic (exact) mass is 226 g/mol. The van der Waals surface area contributed by atoms with Crippen LogP contribution >= 0.6 is 11.3 Å². The Morgan fingerprint density at radius 3 is 2.67 bits per heavy atom. The van der Waals surface area contributed by atoms with Crippen LogP contribution in [0.15, 0.2) is 12.1 Å². The summed E-state index contributed by atoms with van der Waals surface area (Å²) in [6.07, 6.45) is 0. The molecule has 1 heterocycles. The summed E-state index contributed by atoms with van der Waals surface area (Å²) in [6.45, 7) is 6.72. The molecule has 4 heteroatoms. The molecule has 1 rings (SSSR count). The van der Waals surface area contributed by atoms with Gasteiger partial charge in [0.25, 0.3) is 0 Å². The summed E-state index contributed by atoms with van der Waals surface area (Å²) < 4.78 is 0. The standard InChI is InChI=1S/C11H18N2OS/c1-8-4-5-9(15-8)6-13-10(14)11(2,3)7-12/h4-5H,6-7,12H2,1-3H3,(H,13,14). The lowest BCUT2D eigenvalue weighted by atomic mass is 9.93. The van der Waals surface area contributed by atoms with Crippen LogP contribution in [0.3, 0.4) is 0 Å². The molecule has 1 aromatic rings. The van der Waals surface area contributed by atoms with Gasteiger partial charge in [0.15, 0.2) is 0 Å². The highest BCUT2D eigenvalue weighted by atomic mass is 32.1. The summed E-state index contributed by atoms with van der Waals surface area (Å²) in [7, 11) is 0. The van der Waals surface area contributed by atoms with E-state index in [4.69, 9.17) is 5.73 Å². The molecule has 0 aromatic carbocycles. The van der Waals surface area contributed by atoms with E-state index in [1.807, 2.05) is 19.9 Å². The van der Waals surface area contributed by atoms with Gasteiger partial charge in [0, 0.05) is 16.3 Å². The van der Waals surface area contributed by atoms with Crippen LogP contribution in [-0.4, -0.2) is 12.5 Å². The van der Waals surface area contributed by atoms with Crippen molar-refractivity contribution in [1.29, 1.82) is 0 Å². The average Bonchev–Trinajstić information content (AvgIpc) is 2.60. The lowest BCUT2D eigenvalue weighted by Crippen LogP contribution is -2.41. The number of hydrogen-bond donors (Lipinski definition) is 2. The molecule has 0 saturated carbocycles. The lowest BCUT2D eigenvalue weighted by Gasteiger charge is -2.20. The molecule has 0 aliphatic heterocycles. The Balaban J connectivity index is 2.47. The summed E-state index contributed by atoms with van der Waals surface area (Å²) in [5.41, 5.74) is 5.04. The topological polar surface area (TPSA) is 55.1 Å². The molecule has 0 fully saturated rings. The highest BCUT2D eigenvalue weighted by Gasteiger charge is 2.25. The molecule has 0 saturated heterocycles. The van der Waals surface area contributed by atoms with Crippen molar-refractivity contribution in [2.75, 3.05) is 6.54 Å². The van der Waals surface area contributed by atoms with Gasteiger partial charge in [-0.1, -0.05) is 0 Å². The molecule has 3 N–H and O–H groups in total. The Hall–Kier alpha value is -0.870. The predicted octanol–water partition coefficient (Wildman–Crippen LogP) is 1.66. The van der Waals surface area contributed by atoms with Crippen LogP contribution in [0.5, 0.6) is 0 Å². The second kappa shape index (κ2) is 4.77. The van der Waals surface area contributed by atoms with E-state index in [1.54, 1.807) is 11.3 Å². The van der Waals surface area contributed by atoms with Crippen molar-refractivity contribution in [2.45, 2.75) is 27.3 Å². The fourth-order valence-corrected chi connectivity index (χ4v) is 1.91. The molecule has 0 radical (unpaired) electrons. The van der Waals surface area contributed by atoms with Gasteiger partial charge in [-0.3, -0.25) is 4.79 Å². The van der Waals surface area contributed by atoms with Gasteiger partial charge in [0.2, 0.25) is 5.91 Å². The molecule has 1 amide bonds. The number of carbonyl (C=O) groups excluding carboxylic acids is 1. The Morgan fingerprint density at radius 2 is 2.20 bits per heavy atom. The molecule has 0 aliphatic carbocycles. The van der Waals surface area contributed by atoms with Gasteiger partial charge in [-0.15, -0.1) is 11.3 Å². The maximum absolute atomic E-state index is 11.7. The molecule has 0 bridgehead atoms. The number of rotatable bonds is 4. The van der Waals surface area contributed by atoms with Crippen LogP contribution in [0, 0.1) is 12.3 Å². The molecule has 0 atom stereocenters. The molecule has 84 valence electrons. The smallest absolute Gasteiger partial charge is 0.227 e. The van der Waals surface area contributed by atoms with E-state index in [9.17, 15) is 4.79 Å². The van der Waals surface area contributed by atoms with Crippen LogP contribution in [0.1, 0.15) is 23.6 Å². The summed E-state index contributed by atoms with van der Waals surface area (Å²) in [4.78, 5) is 14.1. The van der Waals surface area contributed by atoms with Gasteiger partial charge in [-0.2, -0.15) is 0 Å². The average molecular weight is 226 g/mol. The first-order valence-corrected chi connectivity index (χ1v) is 5.81. The Morgan fingerprint density at radius 1 is 1.53 bits per heavy atom. The zero-order chi connectivity index (χ0) is 11.5. The first kappa shape index (κ1) is 12.2. The quantitative estimate of drug-likeness (QED) is 0.820. The lowest BCUT2D eigenvalue weighted by molar-refractivity contribution is -0.129. The maximum atomic E-state index is 11.7. The third-order valence-corrected chi connectivity index (χ3v) is 3.34. The van der Waals surface area contributed by atoms with Gasteiger partial charge < -0.3 is 11.1 Å². The Bertz CT molecular complexity index is 344. The maximum Gasteiger partial charge on any atom is 0.227 e. The molecule has 0 spiro atoms. The number of hydrogen-bond acceptors (Lipinski definition) is 3. The van der Waals surface area contributed by atoms with Crippen molar-refractivity contribution < 1.29 is 4.79 Å². The van der Waals surface area contributed by atoms with E-state index in [0.29, 0.717) is 13.1 Å². The molecular weight excluding hydrogens is 208 g/mol. The van der Waals surface area contributed by atoms with Crippen molar-refractivity contribution in [1.82, 2.24) is 5.32 Å². The summed E-state index contributed by atoms with van der Waals surface area (Å²) >= 11 is 1.70. The van der Waals surface area contributed by atoms with Gasteiger partial charge >= 0.3 is 0 Å². The molecule has 0 aliphatic rings. The van der Waals surface area contributed by atoms with Crippen LogP contribution in [0.4, 0.5) is 0 Å². The molecule has 1 aromatic heterocycles. The fourth-order valence-electron chi connectivity index (χ4n) is 1.08. The Kier molecular flexibility index (Phi) is 3.88. The van der Waals surface area contributed by atoms with E-state index in [1.165, 1.54) is 9.75 Å². The predicted molar refractivity (Wildman–Crippen MR) is 63.7 cm³/mol. The van der Waals surface area contributed by atoms with Gasteiger partial charge in [-0.05, 0) is 32.9 Å². The minimum absolute atomic E-state index is 0.0102. The highest BCUT2D eigenvalue weighted by molar-refractivity contribution is 7.11. The van der Waals surface area contributed by atoms with Gasteiger partial charge in [0.05, 0.1) is 12.0 Å². The van der Waals surface area contributed by atoms with Crippen molar-refractivity contribution in [3.05, 3.63) is 21.9 Å². The van der Waals surface area contributed by atoms with Gasteiger partial charge in [0.1, 0.15) is 0 Å². The third-order valence-electron chi connectivity index (χ3n) is 2.34. The van der Waals surface area contributed by atoms with Crippen LogP contribution in [0.2, 0.25) is 0 Å². The van der Waals surface area contributed by atoms with Crippen molar-refractivity contribution in [3.8, 4) is 0 Å².